The minimum Gasteiger partial charge on any atom is -0.506 e. The normalized spacial score (nSPS) is 16.2. The van der Waals surface area contributed by atoms with E-state index in [0.717, 1.165) is 49.2 Å². The zero-order valence-electron chi connectivity index (χ0n) is 35.9. The number of pyridine rings is 1. The lowest BCUT2D eigenvalue weighted by atomic mass is 9.84. The molecule has 64 heavy (non-hydrogen) atoms. The van der Waals surface area contributed by atoms with Gasteiger partial charge in [0, 0.05) is 60.9 Å². The van der Waals surface area contributed by atoms with E-state index in [0.29, 0.717) is 59.4 Å². The van der Waals surface area contributed by atoms with Crippen LogP contribution in [-0.2, 0) is 28.2 Å². The number of H-pyrrole nitrogens is 1. The number of ether oxygens (including phenoxy) is 2. The number of aromatic amines is 1. The van der Waals surface area contributed by atoms with Gasteiger partial charge in [0.05, 0.1) is 25.3 Å². The summed E-state index contributed by atoms with van der Waals surface area (Å²) in [5.74, 6) is -0.184. The number of likely N-dealkylation sites (tertiary alicyclic amines) is 1. The van der Waals surface area contributed by atoms with Crippen molar-refractivity contribution in [2.75, 3.05) is 46.4 Å². The second-order valence-corrected chi connectivity index (χ2v) is 16.6. The Bertz CT molecular complexity index is 2680. The van der Waals surface area contributed by atoms with Crippen molar-refractivity contribution in [3.05, 3.63) is 183 Å². The van der Waals surface area contributed by atoms with Gasteiger partial charge in [-0.25, -0.2) is 4.79 Å². The largest absolute Gasteiger partial charge is 0.506 e. The van der Waals surface area contributed by atoms with Crippen molar-refractivity contribution < 1.29 is 34.4 Å². The van der Waals surface area contributed by atoms with Crippen molar-refractivity contribution in [3.8, 4) is 11.5 Å². The van der Waals surface area contributed by atoms with Gasteiger partial charge in [-0.05, 0) is 96.4 Å². The maximum atomic E-state index is 14.0. The minimum absolute atomic E-state index is 0.0764. The van der Waals surface area contributed by atoms with Crippen LogP contribution in [0.1, 0.15) is 69.1 Å². The van der Waals surface area contributed by atoms with Gasteiger partial charge in [0.2, 0.25) is 11.2 Å². The average molecular weight is 863 g/mol. The lowest BCUT2D eigenvalue weighted by Crippen LogP contribution is -2.40. The number of carbonyl (C=O) groups is 2. The first-order valence-corrected chi connectivity index (χ1v) is 21.8. The van der Waals surface area contributed by atoms with E-state index in [1.54, 1.807) is 66.6 Å². The van der Waals surface area contributed by atoms with Crippen LogP contribution in [0, 0.1) is 5.92 Å². The quantitative estimate of drug-likeness (QED) is 0.0704. The molecule has 2 unspecified atom stereocenters. The Morgan fingerprint density at radius 3 is 2.36 bits per heavy atom. The molecule has 1 amide bonds. The van der Waals surface area contributed by atoms with Gasteiger partial charge in [-0.3, -0.25) is 14.5 Å². The Labute approximate surface area is 372 Å². The number of fused-ring (bicyclic) bond motifs is 1. The van der Waals surface area contributed by atoms with Crippen molar-refractivity contribution in [1.82, 2.24) is 20.1 Å². The fourth-order valence-electron chi connectivity index (χ4n) is 8.80. The highest BCUT2D eigenvalue weighted by molar-refractivity contribution is 5.95. The highest BCUT2D eigenvalue weighted by Gasteiger charge is 2.42. The molecule has 0 bridgehead atoms. The van der Waals surface area contributed by atoms with Crippen molar-refractivity contribution in [2.24, 2.45) is 5.92 Å². The van der Waals surface area contributed by atoms with Crippen LogP contribution in [0.5, 0.6) is 11.5 Å². The van der Waals surface area contributed by atoms with Crippen LogP contribution < -0.4 is 15.6 Å². The van der Waals surface area contributed by atoms with Gasteiger partial charge in [-0.2, -0.15) is 0 Å². The topological polar surface area (TPSA) is 165 Å². The van der Waals surface area contributed by atoms with Gasteiger partial charge in [-0.1, -0.05) is 97.1 Å². The Kier molecular flexibility index (Phi) is 13.7. The molecule has 2 aliphatic heterocycles. The van der Waals surface area contributed by atoms with Crippen LogP contribution in [-0.4, -0.2) is 88.4 Å². The molecule has 1 fully saturated rings. The predicted molar refractivity (Wildman–Crippen MR) is 246 cm³/mol. The molecule has 0 aliphatic carbocycles. The summed E-state index contributed by atoms with van der Waals surface area (Å²) < 4.78 is 11.6. The number of esters is 1. The smallest absolute Gasteiger partial charge is 0.347 e. The minimum atomic E-state index is -2.02. The van der Waals surface area contributed by atoms with Gasteiger partial charge in [0.25, 0.3) is 5.91 Å². The number of phenolic OH excluding ortho intramolecular Hbond substituents is 1. The van der Waals surface area contributed by atoms with E-state index < -0.39 is 17.7 Å². The molecule has 5 aromatic carbocycles. The summed E-state index contributed by atoms with van der Waals surface area (Å²) in [6.07, 6.45) is 3.47. The molecular weight excluding hydrogens is 809 g/mol. The number of nitrogens with zero attached hydrogens (tertiary/aromatic N) is 2. The summed E-state index contributed by atoms with van der Waals surface area (Å²) >= 11 is 0. The number of hydrogen-bond acceptors (Lipinski definition) is 10. The summed E-state index contributed by atoms with van der Waals surface area (Å²) in [6.45, 7) is 4.34. The monoisotopic (exact) mass is 862 g/mol. The highest BCUT2D eigenvalue weighted by Crippen LogP contribution is 2.35. The number of rotatable bonds is 15. The van der Waals surface area contributed by atoms with Crippen LogP contribution >= 0.6 is 0 Å². The number of methoxy groups -OCH3 is 1. The number of aromatic hydroxyl groups is 1. The molecule has 2 atom stereocenters. The lowest BCUT2D eigenvalue weighted by molar-refractivity contribution is -0.164. The standard InChI is InChI=1S/C52H54N4O8/c1-63-47-30-39(15-16-40(47)31-53-32-46(58)43-17-19-45(57)49-44(43)18-20-48(59)54-49)50(60)56-27-23-37(24-28-56)38-11-8-14-42(29-38)52(62,41-12-6-3-7-13-41)51(61)64-34-36-21-25-55(26-22-36)33-35-9-4-2-5-10-35/h2-20,23,29-30,36,46,53,57-58,62H,21-22,24-28,31-34H2,1H3,(H,54,59). The molecule has 1 saturated heterocycles. The molecule has 12 nitrogen and oxygen atoms in total. The van der Waals surface area contributed by atoms with E-state index in [1.807, 2.05) is 42.5 Å². The summed E-state index contributed by atoms with van der Waals surface area (Å²) in [7, 11) is 1.55. The maximum Gasteiger partial charge on any atom is 0.347 e. The van der Waals surface area contributed by atoms with E-state index in [-0.39, 0.29) is 41.8 Å². The molecule has 5 N–H and O–H groups in total. The first-order valence-electron chi connectivity index (χ1n) is 21.8. The van der Waals surface area contributed by atoms with E-state index in [2.05, 4.69) is 39.5 Å². The van der Waals surface area contributed by atoms with Crippen LogP contribution in [0.15, 0.2) is 138 Å². The van der Waals surface area contributed by atoms with Crippen molar-refractivity contribution >= 4 is 28.4 Å². The van der Waals surface area contributed by atoms with Gasteiger partial charge < -0.3 is 40.0 Å². The molecule has 330 valence electrons. The highest BCUT2D eigenvalue weighted by atomic mass is 16.5. The molecule has 1 aromatic heterocycles. The Morgan fingerprint density at radius 2 is 1.62 bits per heavy atom. The average Bonchev–Trinajstić information content (AvgIpc) is 3.34. The molecule has 0 spiro atoms. The molecular formula is C52H54N4O8. The SMILES string of the molecule is COc1cc(C(=O)N2CC=C(c3cccc(C(O)(C(=O)OCC4CCN(Cc5ccccc5)CC4)c4ccccc4)c3)CC2)ccc1CNCC(O)c1ccc(O)c2[nH]c(=O)ccc12. The molecule has 12 heteroatoms. The Balaban J connectivity index is 0.889. The van der Waals surface area contributed by atoms with Crippen molar-refractivity contribution in [3.63, 3.8) is 0 Å². The van der Waals surface area contributed by atoms with Crippen LogP contribution in [0.2, 0.25) is 0 Å². The third-order valence-corrected chi connectivity index (χ3v) is 12.5. The van der Waals surface area contributed by atoms with Crippen LogP contribution in [0.4, 0.5) is 0 Å². The van der Waals surface area contributed by atoms with Gasteiger partial charge in [0.1, 0.15) is 11.5 Å². The van der Waals surface area contributed by atoms with E-state index in [1.165, 1.54) is 17.7 Å². The maximum absolute atomic E-state index is 14.0. The number of phenols is 1. The lowest BCUT2D eigenvalue weighted by Gasteiger charge is -2.33. The fraction of sp³-hybridized carbons (Fsp3) is 0.288. The number of aliphatic hydroxyl groups excluding tert-OH is 1. The number of nitrogens with one attached hydrogen (secondary N) is 2. The third kappa shape index (κ3) is 9.80. The first-order chi connectivity index (χ1) is 31.1. The summed E-state index contributed by atoms with van der Waals surface area (Å²) in [6, 6.07) is 38.1. The van der Waals surface area contributed by atoms with Crippen LogP contribution in [0.25, 0.3) is 16.5 Å². The van der Waals surface area contributed by atoms with E-state index in [4.69, 9.17) is 9.47 Å². The Hall–Kier alpha value is -6.57. The number of piperidine rings is 1. The summed E-state index contributed by atoms with van der Waals surface area (Å²) in [4.78, 5) is 46.4. The predicted octanol–water partition coefficient (Wildman–Crippen LogP) is 6.69. The second kappa shape index (κ2) is 19.9. The van der Waals surface area contributed by atoms with E-state index >= 15 is 0 Å². The molecule has 0 radical (unpaired) electrons. The van der Waals surface area contributed by atoms with Crippen molar-refractivity contribution in [2.45, 2.75) is 44.1 Å². The number of hydrogen-bond donors (Lipinski definition) is 5. The molecule has 6 aromatic rings. The fourth-order valence-corrected chi connectivity index (χ4v) is 8.80. The summed E-state index contributed by atoms with van der Waals surface area (Å²) in [5, 5.41) is 37.4. The van der Waals surface area contributed by atoms with Gasteiger partial charge >= 0.3 is 5.97 Å². The van der Waals surface area contributed by atoms with Gasteiger partial charge in [0.15, 0.2) is 0 Å². The summed E-state index contributed by atoms with van der Waals surface area (Å²) in [5.41, 5.74) is 3.73. The number of aromatic nitrogens is 1. The zero-order chi connectivity index (χ0) is 44.6. The van der Waals surface area contributed by atoms with Gasteiger partial charge in [-0.15, -0.1) is 0 Å². The first kappa shape index (κ1) is 44.1. The zero-order valence-corrected chi connectivity index (χ0v) is 35.9. The number of amides is 1. The molecule has 3 heterocycles. The molecule has 0 saturated carbocycles. The number of carbonyl (C=O) groups excluding carboxylic acids is 2. The molecule has 2 aliphatic rings. The van der Waals surface area contributed by atoms with Crippen LogP contribution in [0.3, 0.4) is 0 Å². The number of aliphatic hydroxyl groups is 2. The number of benzene rings is 5. The second-order valence-electron chi connectivity index (χ2n) is 16.6. The van der Waals surface area contributed by atoms with E-state index in [9.17, 15) is 29.7 Å². The Morgan fingerprint density at radius 1 is 0.875 bits per heavy atom. The molecule has 8 rings (SSSR count). The third-order valence-electron chi connectivity index (χ3n) is 12.5. The van der Waals surface area contributed by atoms with Crippen molar-refractivity contribution in [1.29, 1.82) is 0 Å².